The first-order valence-corrected chi connectivity index (χ1v) is 22.0. The van der Waals surface area contributed by atoms with E-state index in [-0.39, 0.29) is 42.7 Å². The number of para-hydroxylation sites is 1. The van der Waals surface area contributed by atoms with Crippen molar-refractivity contribution in [3.8, 4) is 28.7 Å². The van der Waals surface area contributed by atoms with Gasteiger partial charge >= 0.3 is 0 Å². The summed E-state index contributed by atoms with van der Waals surface area (Å²) in [6, 6.07) is 58.9. The third-order valence-electron chi connectivity index (χ3n) is 12.7. The number of aromatic nitrogens is 4. The Balaban J connectivity index is 0.00000560. The Kier molecular flexibility index (Phi) is 11.7. The molecular weight excluding hydrogens is 964 g/mol. The molecule has 6 heteroatoms. The number of ether oxygens (including phenoxy) is 1. The minimum absolute atomic E-state index is 0. The van der Waals surface area contributed by atoms with Crippen LogP contribution in [0, 0.1) is 18.5 Å². The van der Waals surface area contributed by atoms with E-state index in [1.54, 1.807) is 0 Å². The molecule has 9 aromatic rings. The first-order chi connectivity index (χ1) is 30.0. The molecule has 0 saturated carbocycles. The zero-order valence-electron chi connectivity index (χ0n) is 38.5. The van der Waals surface area contributed by atoms with Crippen LogP contribution in [0.25, 0.3) is 39.0 Å². The van der Waals surface area contributed by atoms with E-state index in [0.29, 0.717) is 11.5 Å². The van der Waals surface area contributed by atoms with Crippen molar-refractivity contribution in [2.24, 2.45) is 0 Å². The van der Waals surface area contributed by atoms with Crippen LogP contribution >= 0.6 is 0 Å². The Morgan fingerprint density at radius 2 is 1.14 bits per heavy atom. The molecule has 0 N–H and O–H groups in total. The second-order valence-electron chi connectivity index (χ2n) is 19.9. The second kappa shape index (κ2) is 16.8. The minimum atomic E-state index is -0.362. The molecule has 0 spiro atoms. The molecule has 3 heterocycles. The Morgan fingerprint density at radius 3 is 1.78 bits per heavy atom. The maximum Gasteiger partial charge on any atom is 0.267 e. The summed E-state index contributed by atoms with van der Waals surface area (Å²) in [6.07, 6.45) is 7.83. The second-order valence-corrected chi connectivity index (χ2v) is 19.9. The van der Waals surface area contributed by atoms with Gasteiger partial charge in [0.25, 0.3) is 6.33 Å². The van der Waals surface area contributed by atoms with Gasteiger partial charge in [0.05, 0.1) is 11.4 Å². The van der Waals surface area contributed by atoms with E-state index < -0.39 is 0 Å². The number of pyridine rings is 1. The molecule has 0 aliphatic heterocycles. The smallest absolute Gasteiger partial charge is 0.267 e. The Morgan fingerprint density at radius 1 is 0.531 bits per heavy atom. The van der Waals surface area contributed by atoms with Gasteiger partial charge in [0.2, 0.25) is 0 Å². The number of benzene rings is 6. The van der Waals surface area contributed by atoms with Gasteiger partial charge in [-0.3, -0.25) is 4.57 Å². The Hall–Kier alpha value is -6.03. The molecule has 5 nitrogen and oxygen atoms in total. The van der Waals surface area contributed by atoms with Crippen molar-refractivity contribution in [2.45, 2.75) is 90.9 Å². The van der Waals surface area contributed by atoms with Crippen molar-refractivity contribution < 1.29 is 30.4 Å². The molecule has 9 rings (SSSR count). The molecule has 0 bridgehead atoms. The molecule has 6 aromatic carbocycles. The van der Waals surface area contributed by atoms with Gasteiger partial charge in [0.1, 0.15) is 5.82 Å². The zero-order chi connectivity index (χ0) is 44.3. The van der Waals surface area contributed by atoms with Crippen molar-refractivity contribution in [3.05, 3.63) is 210 Å². The number of imidazole rings is 1. The number of fused-ring (bicyclic) bond motifs is 3. The fourth-order valence-corrected chi connectivity index (χ4v) is 8.66. The summed E-state index contributed by atoms with van der Waals surface area (Å²) < 4.78 is 13.4. The predicted molar refractivity (Wildman–Crippen MR) is 257 cm³/mol. The number of hydrogen-bond acceptors (Lipinski definition) is 2. The summed E-state index contributed by atoms with van der Waals surface area (Å²) in [5.74, 6) is 2.04. The topological polar surface area (TPSA) is 35.9 Å². The fraction of sp³-hybridized carbons (Fsp3) is 0.241. The van der Waals surface area contributed by atoms with Crippen LogP contribution in [-0.2, 0) is 42.7 Å². The molecule has 3 aromatic heterocycles. The molecule has 0 amide bonds. The standard InChI is InChI=1S/C58H56N4O.Pt/c1-55(2,3)43-31-32-59-54(35-43)62-51-24-18-17-23-49(51)50-30-29-47(37-52(50)62)63-48-34-44(58(9,10)41-21-15-12-16-22-41)33-46(36-48)61-39-60(38-53(61)56(4,5)6)45-27-25-42(26-28-45)57(7,8)40-19-13-11-14-20-40;/h11-35,38H,1-10H3;/q-2;. The molecule has 326 valence electrons. The molecule has 0 radical (unpaired) electrons. The first kappa shape index (κ1) is 44.6. The van der Waals surface area contributed by atoms with Gasteiger partial charge in [0, 0.05) is 55.9 Å². The van der Waals surface area contributed by atoms with E-state index in [1.165, 1.54) is 22.3 Å². The monoisotopic (exact) mass is 1020 g/mol. The minimum Gasteiger partial charge on any atom is -0.510 e. The van der Waals surface area contributed by atoms with E-state index in [9.17, 15) is 0 Å². The molecule has 0 unspecified atom stereocenters. The van der Waals surface area contributed by atoms with Crippen molar-refractivity contribution in [1.29, 1.82) is 0 Å². The molecule has 0 atom stereocenters. The summed E-state index contributed by atoms with van der Waals surface area (Å²) >= 11 is 0. The van der Waals surface area contributed by atoms with Crippen LogP contribution in [0.4, 0.5) is 0 Å². The molecule has 0 aliphatic carbocycles. The van der Waals surface area contributed by atoms with Crippen molar-refractivity contribution >= 4 is 21.8 Å². The maximum atomic E-state index is 6.90. The molecular formula is C58H56N4OPt-2. The number of nitrogens with zero attached hydrogens (tertiary/aromatic N) is 4. The largest absolute Gasteiger partial charge is 0.510 e. The van der Waals surface area contributed by atoms with E-state index in [1.807, 2.05) is 12.3 Å². The summed E-state index contributed by atoms with van der Waals surface area (Å²) in [7, 11) is 0. The normalized spacial score (nSPS) is 12.4. The molecule has 0 fully saturated rings. The van der Waals surface area contributed by atoms with E-state index in [0.717, 1.165) is 50.3 Å². The van der Waals surface area contributed by atoms with Gasteiger partial charge in [-0.2, -0.15) is 12.1 Å². The van der Waals surface area contributed by atoms with Gasteiger partial charge < -0.3 is 13.9 Å². The first-order valence-electron chi connectivity index (χ1n) is 22.0. The summed E-state index contributed by atoms with van der Waals surface area (Å²) in [5.41, 5.74) is 10.2. The Labute approximate surface area is 393 Å². The number of rotatable bonds is 9. The van der Waals surface area contributed by atoms with Crippen LogP contribution in [0.1, 0.15) is 103 Å². The summed E-state index contributed by atoms with van der Waals surface area (Å²) in [5, 5.41) is 2.22. The number of hydrogen-bond donors (Lipinski definition) is 0. The van der Waals surface area contributed by atoms with Crippen molar-refractivity contribution in [3.63, 3.8) is 0 Å². The quantitative estimate of drug-likeness (QED) is 0.107. The van der Waals surface area contributed by atoms with Crippen molar-refractivity contribution in [1.82, 2.24) is 14.1 Å². The van der Waals surface area contributed by atoms with Crippen LogP contribution in [0.3, 0.4) is 0 Å². The maximum absolute atomic E-state index is 6.90. The molecule has 64 heavy (non-hydrogen) atoms. The van der Waals surface area contributed by atoms with Crippen LogP contribution < -0.4 is 9.30 Å². The SMILES string of the molecule is CC(C)(C)c1ccnc(-n2c3[c-]c(Oc4[c-]c(-n5[c-][n+](-c6ccc(C(C)(C)c7ccccc7)cc6)cc5C(C)(C)C)cc(C(C)(C)c5ccccc5)c4)ccc3c3ccccc32)c1.[Pt]. The van der Waals surface area contributed by atoms with Gasteiger partial charge in [-0.1, -0.05) is 166 Å². The van der Waals surface area contributed by atoms with Gasteiger partial charge in [-0.15, -0.1) is 35.2 Å². The summed E-state index contributed by atoms with van der Waals surface area (Å²) in [6.45, 7) is 22.5. The predicted octanol–water partition coefficient (Wildman–Crippen LogP) is 13.7. The van der Waals surface area contributed by atoms with Crippen LogP contribution in [-0.4, -0.2) is 14.1 Å². The molecule has 0 aliphatic rings. The van der Waals surface area contributed by atoms with Crippen LogP contribution in [0.5, 0.6) is 11.5 Å². The van der Waals surface area contributed by atoms with E-state index in [4.69, 9.17) is 9.72 Å². The van der Waals surface area contributed by atoms with E-state index >= 15 is 0 Å². The Bertz CT molecular complexity index is 3090. The van der Waals surface area contributed by atoms with E-state index in [2.05, 4.69) is 247 Å². The fourth-order valence-electron chi connectivity index (χ4n) is 8.66. The van der Waals surface area contributed by atoms with Crippen LogP contribution in [0.15, 0.2) is 158 Å². The van der Waals surface area contributed by atoms with Gasteiger partial charge in [-0.25, -0.2) is 4.98 Å². The van der Waals surface area contributed by atoms with Crippen molar-refractivity contribution in [2.75, 3.05) is 0 Å². The average Bonchev–Trinajstić information content (AvgIpc) is 3.88. The molecule has 0 saturated heterocycles. The third kappa shape index (κ3) is 8.39. The van der Waals surface area contributed by atoms with Gasteiger partial charge in [-0.05, 0) is 79.9 Å². The zero-order valence-corrected chi connectivity index (χ0v) is 40.8. The summed E-state index contributed by atoms with van der Waals surface area (Å²) in [4.78, 5) is 4.89. The van der Waals surface area contributed by atoms with Gasteiger partial charge in [0.15, 0.2) is 0 Å². The third-order valence-corrected chi connectivity index (χ3v) is 12.7. The van der Waals surface area contributed by atoms with Crippen LogP contribution in [0.2, 0.25) is 0 Å². The average molecular weight is 1020 g/mol.